The maximum Gasteiger partial charge on any atom is 0.0501 e. The first kappa shape index (κ1) is 9.66. The van der Waals surface area contributed by atoms with Crippen molar-refractivity contribution in [3.05, 3.63) is 0 Å². The van der Waals surface area contributed by atoms with Crippen molar-refractivity contribution in [2.75, 3.05) is 12.3 Å². The van der Waals surface area contributed by atoms with Crippen LogP contribution in [-0.2, 0) is 10.8 Å². The van der Waals surface area contributed by atoms with E-state index in [2.05, 4.69) is 12.2 Å². The molecule has 13 heavy (non-hydrogen) atoms. The second kappa shape index (κ2) is 4.09. The standard InChI is InChI=1S/C10H19NOS/c1-2-9-10(8-4-5-8)11-6-3-7-13(9)12/h8-11H,2-7H2,1H3. The van der Waals surface area contributed by atoms with Gasteiger partial charge in [0.2, 0.25) is 0 Å². The molecule has 1 saturated carbocycles. The summed E-state index contributed by atoms with van der Waals surface area (Å²) in [7, 11) is -0.569. The minimum absolute atomic E-state index is 0.426. The first-order valence-corrected chi connectivity index (χ1v) is 6.81. The largest absolute Gasteiger partial charge is 0.312 e. The Hall–Kier alpha value is 0.110. The highest BCUT2D eigenvalue weighted by Gasteiger charge is 2.38. The van der Waals surface area contributed by atoms with Crippen LogP contribution in [0.3, 0.4) is 0 Å². The quantitative estimate of drug-likeness (QED) is 0.729. The first-order valence-electron chi connectivity index (χ1n) is 5.43. The number of nitrogens with one attached hydrogen (secondary N) is 1. The van der Waals surface area contributed by atoms with Gasteiger partial charge in [0.05, 0.1) is 5.25 Å². The smallest absolute Gasteiger partial charge is 0.0501 e. The lowest BCUT2D eigenvalue weighted by Gasteiger charge is -2.23. The maximum atomic E-state index is 11.9. The van der Waals surface area contributed by atoms with Crippen molar-refractivity contribution in [3.63, 3.8) is 0 Å². The monoisotopic (exact) mass is 201 g/mol. The summed E-state index contributed by atoms with van der Waals surface area (Å²) in [6, 6.07) is 0.563. The van der Waals surface area contributed by atoms with Crippen molar-refractivity contribution < 1.29 is 4.21 Å². The molecule has 2 aliphatic rings. The third kappa shape index (κ3) is 2.13. The number of hydrogen-bond acceptors (Lipinski definition) is 2. The van der Waals surface area contributed by atoms with Crippen LogP contribution in [0.5, 0.6) is 0 Å². The first-order chi connectivity index (χ1) is 6.33. The molecular weight excluding hydrogens is 182 g/mol. The van der Waals surface area contributed by atoms with E-state index in [0.717, 1.165) is 31.1 Å². The zero-order valence-electron chi connectivity index (χ0n) is 8.29. The van der Waals surface area contributed by atoms with Gasteiger partial charge in [-0.25, -0.2) is 0 Å². The van der Waals surface area contributed by atoms with E-state index in [0.29, 0.717) is 11.3 Å². The molecule has 0 bridgehead atoms. The van der Waals surface area contributed by atoms with E-state index in [-0.39, 0.29) is 0 Å². The molecule has 0 aromatic heterocycles. The average Bonchev–Trinajstić information content (AvgIpc) is 2.90. The Morgan fingerprint density at radius 3 is 2.85 bits per heavy atom. The van der Waals surface area contributed by atoms with E-state index in [1.807, 2.05) is 0 Å². The fourth-order valence-corrected chi connectivity index (χ4v) is 4.04. The lowest BCUT2D eigenvalue weighted by atomic mass is 10.1. The van der Waals surface area contributed by atoms with Crippen molar-refractivity contribution in [1.82, 2.24) is 5.32 Å². The van der Waals surface area contributed by atoms with E-state index >= 15 is 0 Å². The van der Waals surface area contributed by atoms with Crippen LogP contribution in [0.4, 0.5) is 0 Å². The summed E-state index contributed by atoms with van der Waals surface area (Å²) >= 11 is 0. The van der Waals surface area contributed by atoms with E-state index in [4.69, 9.17) is 0 Å². The number of hydrogen-bond donors (Lipinski definition) is 1. The molecule has 3 heteroatoms. The van der Waals surface area contributed by atoms with Crippen LogP contribution < -0.4 is 5.32 Å². The highest BCUT2D eigenvalue weighted by Crippen LogP contribution is 2.36. The molecule has 2 rings (SSSR count). The van der Waals surface area contributed by atoms with Crippen LogP contribution in [0.1, 0.15) is 32.6 Å². The molecule has 2 fully saturated rings. The Morgan fingerprint density at radius 2 is 2.23 bits per heavy atom. The lowest BCUT2D eigenvalue weighted by molar-refractivity contribution is 0.446. The van der Waals surface area contributed by atoms with E-state index in [1.54, 1.807) is 0 Å². The zero-order chi connectivity index (χ0) is 9.26. The van der Waals surface area contributed by atoms with Crippen molar-refractivity contribution in [1.29, 1.82) is 0 Å². The second-order valence-electron chi connectivity index (χ2n) is 4.20. The fourth-order valence-electron chi connectivity index (χ4n) is 2.29. The van der Waals surface area contributed by atoms with E-state index in [1.165, 1.54) is 12.8 Å². The third-order valence-electron chi connectivity index (χ3n) is 3.17. The predicted molar refractivity (Wildman–Crippen MR) is 56.2 cm³/mol. The van der Waals surface area contributed by atoms with Gasteiger partial charge in [0.1, 0.15) is 0 Å². The summed E-state index contributed by atoms with van der Waals surface area (Å²) in [6.45, 7) is 3.24. The van der Waals surface area contributed by atoms with Gasteiger partial charge in [0.15, 0.2) is 0 Å². The topological polar surface area (TPSA) is 29.1 Å². The highest BCUT2D eigenvalue weighted by atomic mass is 32.2. The molecule has 1 aliphatic carbocycles. The van der Waals surface area contributed by atoms with Crippen LogP contribution in [0, 0.1) is 5.92 Å². The van der Waals surface area contributed by atoms with Crippen LogP contribution in [0.15, 0.2) is 0 Å². The molecule has 76 valence electrons. The van der Waals surface area contributed by atoms with Crippen LogP contribution in [0.25, 0.3) is 0 Å². The van der Waals surface area contributed by atoms with Crippen molar-refractivity contribution in [2.24, 2.45) is 5.92 Å². The Kier molecular flexibility index (Phi) is 3.04. The molecule has 0 amide bonds. The van der Waals surface area contributed by atoms with Gasteiger partial charge in [0.25, 0.3) is 0 Å². The van der Waals surface area contributed by atoms with E-state index < -0.39 is 10.8 Å². The second-order valence-corrected chi connectivity index (χ2v) is 5.98. The molecule has 0 spiro atoms. The molecule has 2 nitrogen and oxygen atoms in total. The van der Waals surface area contributed by atoms with Crippen LogP contribution in [-0.4, -0.2) is 27.8 Å². The molecular formula is C10H19NOS. The zero-order valence-corrected chi connectivity index (χ0v) is 9.11. The van der Waals surface area contributed by atoms with Gasteiger partial charge >= 0.3 is 0 Å². The van der Waals surface area contributed by atoms with Gasteiger partial charge in [-0.1, -0.05) is 6.92 Å². The molecule has 3 atom stereocenters. The summed E-state index contributed by atoms with van der Waals surface area (Å²) in [5.41, 5.74) is 0. The van der Waals surface area contributed by atoms with E-state index in [9.17, 15) is 4.21 Å². The Labute approximate surface area is 82.9 Å². The predicted octanol–water partition coefficient (Wildman–Crippen LogP) is 1.29. The van der Waals surface area contributed by atoms with Crippen LogP contribution >= 0.6 is 0 Å². The minimum Gasteiger partial charge on any atom is -0.312 e. The summed E-state index contributed by atoms with van der Waals surface area (Å²) in [5, 5.41) is 4.01. The Morgan fingerprint density at radius 1 is 1.46 bits per heavy atom. The van der Waals surface area contributed by atoms with Gasteiger partial charge < -0.3 is 5.32 Å². The maximum absolute atomic E-state index is 11.9. The molecule has 1 N–H and O–H groups in total. The van der Waals surface area contributed by atoms with Crippen molar-refractivity contribution in [2.45, 2.75) is 43.9 Å². The molecule has 0 aromatic carbocycles. The number of rotatable bonds is 2. The van der Waals surface area contributed by atoms with Gasteiger partial charge in [-0.2, -0.15) is 0 Å². The normalized spacial score (nSPS) is 41.5. The summed E-state index contributed by atoms with van der Waals surface area (Å²) < 4.78 is 11.9. The Balaban J connectivity index is 2.06. The third-order valence-corrected chi connectivity index (χ3v) is 5.17. The van der Waals surface area contributed by atoms with Crippen molar-refractivity contribution >= 4 is 10.8 Å². The average molecular weight is 201 g/mol. The van der Waals surface area contributed by atoms with Gasteiger partial charge in [0, 0.05) is 22.6 Å². The van der Waals surface area contributed by atoms with Crippen molar-refractivity contribution in [3.8, 4) is 0 Å². The molecule has 1 aliphatic heterocycles. The molecule has 0 aromatic rings. The molecule has 1 heterocycles. The molecule has 3 unspecified atom stereocenters. The highest BCUT2D eigenvalue weighted by molar-refractivity contribution is 7.85. The fraction of sp³-hybridized carbons (Fsp3) is 1.00. The molecule has 1 saturated heterocycles. The summed E-state index contributed by atoms with van der Waals surface area (Å²) in [5.74, 6) is 1.75. The summed E-state index contributed by atoms with van der Waals surface area (Å²) in [6.07, 6.45) is 4.86. The Bertz CT molecular complexity index is 203. The lowest BCUT2D eigenvalue weighted by Crippen LogP contribution is -2.41. The van der Waals surface area contributed by atoms with Gasteiger partial charge in [-0.15, -0.1) is 0 Å². The van der Waals surface area contributed by atoms with Crippen LogP contribution in [0.2, 0.25) is 0 Å². The molecule has 0 radical (unpaired) electrons. The minimum atomic E-state index is -0.569. The van der Waals surface area contributed by atoms with Gasteiger partial charge in [-0.3, -0.25) is 4.21 Å². The summed E-state index contributed by atoms with van der Waals surface area (Å²) in [4.78, 5) is 0. The van der Waals surface area contributed by atoms with Gasteiger partial charge in [-0.05, 0) is 38.1 Å². The SMILES string of the molecule is CCC1C(C2CC2)NCCCS1=O.